The number of hydrogen-bond acceptors (Lipinski definition) is 4. The van der Waals surface area contributed by atoms with Gasteiger partial charge in [0.05, 0.1) is 12.0 Å². The van der Waals surface area contributed by atoms with Crippen molar-refractivity contribution in [3.8, 4) is 0 Å². The lowest BCUT2D eigenvalue weighted by Crippen LogP contribution is -2.43. The van der Waals surface area contributed by atoms with E-state index in [0.717, 1.165) is 10.6 Å². The number of rotatable bonds is 3. The van der Waals surface area contributed by atoms with Crippen LogP contribution >= 0.6 is 11.8 Å². The fourth-order valence-electron chi connectivity index (χ4n) is 3.23. The number of nitrogens with zero attached hydrogens (tertiary/aromatic N) is 2. The highest BCUT2D eigenvalue weighted by molar-refractivity contribution is 7.98. The van der Waals surface area contributed by atoms with Crippen LogP contribution in [-0.4, -0.2) is 53.8 Å². The summed E-state index contributed by atoms with van der Waals surface area (Å²) in [5.74, 6) is -0.205. The van der Waals surface area contributed by atoms with Gasteiger partial charge in [-0.05, 0) is 43.4 Å². The molecule has 2 amide bonds. The normalized spacial score (nSPS) is 22.7. The van der Waals surface area contributed by atoms with Crippen molar-refractivity contribution < 1.29 is 14.7 Å². The minimum Gasteiger partial charge on any atom is -0.393 e. The van der Waals surface area contributed by atoms with Crippen molar-refractivity contribution in [3.63, 3.8) is 0 Å². The number of thioether (sulfide) groups is 1. The Labute approximate surface area is 140 Å². The molecule has 2 aliphatic rings. The summed E-state index contributed by atoms with van der Waals surface area (Å²) in [5.41, 5.74) is 0.858. The number of amides is 2. The third-order valence-electron chi connectivity index (χ3n) is 4.63. The molecule has 23 heavy (non-hydrogen) atoms. The van der Waals surface area contributed by atoms with Crippen molar-refractivity contribution in [2.24, 2.45) is 5.92 Å². The quantitative estimate of drug-likeness (QED) is 0.856. The average Bonchev–Trinajstić information content (AvgIpc) is 2.97. The van der Waals surface area contributed by atoms with E-state index in [4.69, 9.17) is 0 Å². The monoisotopic (exact) mass is 334 g/mol. The Morgan fingerprint density at radius 3 is 2.48 bits per heavy atom. The van der Waals surface area contributed by atoms with E-state index in [-0.39, 0.29) is 30.3 Å². The first-order valence-corrected chi connectivity index (χ1v) is 9.22. The van der Waals surface area contributed by atoms with Crippen LogP contribution in [0.1, 0.15) is 19.3 Å². The van der Waals surface area contributed by atoms with Crippen molar-refractivity contribution >= 4 is 29.3 Å². The molecule has 6 heteroatoms. The number of aliphatic hydroxyl groups excluding tert-OH is 1. The van der Waals surface area contributed by atoms with Crippen molar-refractivity contribution in [2.75, 3.05) is 30.8 Å². The highest BCUT2D eigenvalue weighted by Crippen LogP contribution is 2.28. The summed E-state index contributed by atoms with van der Waals surface area (Å²) in [4.78, 5) is 29.5. The molecular formula is C17H22N2O3S. The SMILES string of the molecule is CSc1ccc(N2CC(C(=O)N3CCC(O)CC3)CC2=O)cc1. The maximum absolute atomic E-state index is 12.6. The number of benzene rings is 1. The van der Waals surface area contributed by atoms with Gasteiger partial charge in [0.15, 0.2) is 0 Å². The van der Waals surface area contributed by atoms with Gasteiger partial charge in [-0.1, -0.05) is 0 Å². The van der Waals surface area contributed by atoms with Crippen molar-refractivity contribution in [1.82, 2.24) is 4.90 Å². The average molecular weight is 334 g/mol. The van der Waals surface area contributed by atoms with Crippen molar-refractivity contribution in [1.29, 1.82) is 0 Å². The zero-order valence-corrected chi connectivity index (χ0v) is 14.1. The molecule has 0 spiro atoms. The van der Waals surface area contributed by atoms with Crippen LogP contribution in [0.4, 0.5) is 5.69 Å². The molecule has 124 valence electrons. The first-order chi connectivity index (χ1) is 11.1. The Bertz CT molecular complexity index is 582. The molecule has 0 bridgehead atoms. The third kappa shape index (κ3) is 3.53. The molecule has 1 aromatic carbocycles. The molecule has 0 radical (unpaired) electrons. The second kappa shape index (κ2) is 6.93. The number of piperidine rings is 1. The molecule has 2 heterocycles. The molecule has 1 aromatic rings. The van der Waals surface area contributed by atoms with Crippen LogP contribution in [0.2, 0.25) is 0 Å². The molecule has 5 nitrogen and oxygen atoms in total. The van der Waals surface area contributed by atoms with E-state index >= 15 is 0 Å². The van der Waals surface area contributed by atoms with Gasteiger partial charge in [0.1, 0.15) is 0 Å². The Kier molecular flexibility index (Phi) is 4.92. The lowest BCUT2D eigenvalue weighted by Gasteiger charge is -2.31. The van der Waals surface area contributed by atoms with E-state index in [0.29, 0.717) is 32.5 Å². The molecule has 2 fully saturated rings. The van der Waals surface area contributed by atoms with Crippen LogP contribution in [-0.2, 0) is 9.59 Å². The first-order valence-electron chi connectivity index (χ1n) is 7.99. The highest BCUT2D eigenvalue weighted by atomic mass is 32.2. The molecule has 2 saturated heterocycles. The topological polar surface area (TPSA) is 60.9 Å². The molecule has 0 saturated carbocycles. The predicted molar refractivity (Wildman–Crippen MR) is 90.5 cm³/mol. The number of aliphatic hydroxyl groups is 1. The fraction of sp³-hybridized carbons (Fsp3) is 0.529. The van der Waals surface area contributed by atoms with Crippen LogP contribution in [0.25, 0.3) is 0 Å². The lowest BCUT2D eigenvalue weighted by atomic mass is 10.0. The van der Waals surface area contributed by atoms with Crippen molar-refractivity contribution in [3.05, 3.63) is 24.3 Å². The van der Waals surface area contributed by atoms with Gasteiger partial charge < -0.3 is 14.9 Å². The van der Waals surface area contributed by atoms with Crippen molar-refractivity contribution in [2.45, 2.75) is 30.3 Å². The van der Waals surface area contributed by atoms with Gasteiger partial charge in [-0.3, -0.25) is 9.59 Å². The number of likely N-dealkylation sites (tertiary alicyclic amines) is 1. The molecule has 1 N–H and O–H groups in total. The fourth-order valence-corrected chi connectivity index (χ4v) is 3.64. The second-order valence-corrected chi connectivity index (χ2v) is 7.04. The molecule has 2 aliphatic heterocycles. The van der Waals surface area contributed by atoms with Gasteiger partial charge in [0, 0.05) is 36.6 Å². The van der Waals surface area contributed by atoms with E-state index in [2.05, 4.69) is 0 Å². The molecule has 1 unspecified atom stereocenters. The first kappa shape index (κ1) is 16.3. The van der Waals surface area contributed by atoms with Crippen LogP contribution in [0.15, 0.2) is 29.2 Å². The van der Waals surface area contributed by atoms with Crippen LogP contribution in [0, 0.1) is 5.92 Å². The zero-order chi connectivity index (χ0) is 16.4. The Hall–Kier alpha value is -1.53. The van der Waals surface area contributed by atoms with Gasteiger partial charge in [0.2, 0.25) is 11.8 Å². The summed E-state index contributed by atoms with van der Waals surface area (Å²) in [6, 6.07) is 7.87. The predicted octanol–water partition coefficient (Wildman–Crippen LogP) is 1.74. The van der Waals surface area contributed by atoms with Crippen LogP contribution < -0.4 is 4.90 Å². The standard InChI is InChI=1S/C17H22N2O3S/c1-23-15-4-2-13(3-5-15)19-11-12(10-16(19)21)17(22)18-8-6-14(20)7-9-18/h2-5,12,14,20H,6-11H2,1H3. The van der Waals surface area contributed by atoms with Gasteiger partial charge in [-0.25, -0.2) is 0 Å². The summed E-state index contributed by atoms with van der Waals surface area (Å²) >= 11 is 1.66. The maximum Gasteiger partial charge on any atom is 0.228 e. The summed E-state index contributed by atoms with van der Waals surface area (Å²) < 4.78 is 0. The van der Waals surface area contributed by atoms with E-state index in [9.17, 15) is 14.7 Å². The lowest BCUT2D eigenvalue weighted by molar-refractivity contribution is -0.137. The summed E-state index contributed by atoms with van der Waals surface area (Å²) in [7, 11) is 0. The van der Waals surface area contributed by atoms with Crippen LogP contribution in [0.5, 0.6) is 0 Å². The van der Waals surface area contributed by atoms with Gasteiger partial charge in [0.25, 0.3) is 0 Å². The highest BCUT2D eigenvalue weighted by Gasteiger charge is 2.37. The maximum atomic E-state index is 12.6. The Morgan fingerprint density at radius 2 is 1.87 bits per heavy atom. The second-order valence-electron chi connectivity index (χ2n) is 6.16. The third-order valence-corrected chi connectivity index (χ3v) is 5.38. The van der Waals surface area contributed by atoms with E-state index in [1.807, 2.05) is 30.5 Å². The minimum absolute atomic E-state index is 0.0114. The minimum atomic E-state index is -0.296. The Morgan fingerprint density at radius 1 is 1.22 bits per heavy atom. The van der Waals surface area contributed by atoms with E-state index in [1.165, 1.54) is 0 Å². The molecule has 1 atom stereocenters. The summed E-state index contributed by atoms with van der Waals surface area (Å²) in [6.07, 6.45) is 3.26. The van der Waals surface area contributed by atoms with Gasteiger partial charge >= 0.3 is 0 Å². The van der Waals surface area contributed by atoms with Gasteiger partial charge in [-0.2, -0.15) is 0 Å². The number of carbonyl (C=O) groups is 2. The van der Waals surface area contributed by atoms with Crippen LogP contribution in [0.3, 0.4) is 0 Å². The molecule has 0 aliphatic carbocycles. The summed E-state index contributed by atoms with van der Waals surface area (Å²) in [5, 5.41) is 9.55. The molecular weight excluding hydrogens is 312 g/mol. The van der Waals surface area contributed by atoms with Gasteiger partial charge in [-0.15, -0.1) is 11.8 Å². The summed E-state index contributed by atoms with van der Waals surface area (Å²) in [6.45, 7) is 1.63. The number of anilines is 1. The van der Waals surface area contributed by atoms with E-state index in [1.54, 1.807) is 21.6 Å². The number of hydrogen-bond donors (Lipinski definition) is 1. The number of carbonyl (C=O) groups excluding carboxylic acids is 2. The van der Waals surface area contributed by atoms with E-state index < -0.39 is 0 Å². The molecule has 3 rings (SSSR count). The zero-order valence-electron chi connectivity index (χ0n) is 13.3. The largest absolute Gasteiger partial charge is 0.393 e. The smallest absolute Gasteiger partial charge is 0.228 e. The molecule has 0 aromatic heterocycles. The Balaban J connectivity index is 1.65.